The fraction of sp³-hybridized carbons (Fsp3) is 0.125. The second kappa shape index (κ2) is 5.89. The number of aryl methyl sites for hydroxylation is 2. The van der Waals surface area contributed by atoms with Crippen LogP contribution in [0.1, 0.15) is 27.0 Å². The molecule has 0 aliphatic heterocycles. The van der Waals surface area contributed by atoms with Crippen molar-refractivity contribution in [3.05, 3.63) is 63.1 Å². The molecular weight excluding hydrogens is 316 g/mol. The maximum Gasteiger partial charge on any atom is 0.255 e. The number of halogens is 1. The fourth-order valence-corrected chi connectivity index (χ4v) is 2.59. The molecule has 0 radical (unpaired) electrons. The van der Waals surface area contributed by atoms with Gasteiger partial charge in [0.1, 0.15) is 6.07 Å². The molecule has 100 valence electrons. The zero-order valence-corrected chi connectivity index (χ0v) is 12.8. The van der Waals surface area contributed by atoms with Crippen molar-refractivity contribution in [2.75, 3.05) is 5.32 Å². The molecule has 0 bridgehead atoms. The largest absolute Gasteiger partial charge is 0.321 e. The highest BCUT2D eigenvalue weighted by Gasteiger charge is 2.11. The maximum absolute atomic E-state index is 12.3. The smallest absolute Gasteiger partial charge is 0.255 e. The monoisotopic (exact) mass is 328 g/mol. The van der Waals surface area contributed by atoms with Crippen LogP contribution in [0.4, 0.5) is 5.69 Å². The van der Waals surface area contributed by atoms with Gasteiger partial charge in [-0.15, -0.1) is 0 Å². The zero-order chi connectivity index (χ0) is 14.7. The predicted molar refractivity (Wildman–Crippen MR) is 82.7 cm³/mol. The van der Waals surface area contributed by atoms with Crippen LogP contribution in [-0.4, -0.2) is 5.91 Å². The van der Waals surface area contributed by atoms with E-state index in [4.69, 9.17) is 5.26 Å². The third kappa shape index (κ3) is 3.06. The topological polar surface area (TPSA) is 52.9 Å². The van der Waals surface area contributed by atoms with E-state index in [-0.39, 0.29) is 5.91 Å². The molecule has 0 aliphatic carbocycles. The van der Waals surface area contributed by atoms with E-state index in [1.54, 1.807) is 12.1 Å². The SMILES string of the molecule is Cc1cc(Br)cc(C(=O)Nc2cccc(C)c2C#N)c1. The van der Waals surface area contributed by atoms with Crippen molar-refractivity contribution in [3.63, 3.8) is 0 Å². The molecule has 2 aromatic rings. The molecule has 2 rings (SSSR count). The first-order valence-corrected chi connectivity index (χ1v) is 6.89. The second-order valence-electron chi connectivity index (χ2n) is 4.58. The van der Waals surface area contributed by atoms with Gasteiger partial charge in [0.25, 0.3) is 5.91 Å². The van der Waals surface area contributed by atoms with Crippen molar-refractivity contribution >= 4 is 27.5 Å². The maximum atomic E-state index is 12.3. The van der Waals surface area contributed by atoms with Crippen molar-refractivity contribution in [2.45, 2.75) is 13.8 Å². The Morgan fingerprint density at radius 3 is 2.65 bits per heavy atom. The van der Waals surface area contributed by atoms with E-state index in [0.29, 0.717) is 16.8 Å². The lowest BCUT2D eigenvalue weighted by atomic mass is 10.1. The van der Waals surface area contributed by atoms with Gasteiger partial charge in [0.05, 0.1) is 11.3 Å². The summed E-state index contributed by atoms with van der Waals surface area (Å²) in [6.07, 6.45) is 0. The Balaban J connectivity index is 2.33. The Labute approximate surface area is 126 Å². The van der Waals surface area contributed by atoms with Crippen LogP contribution in [0.2, 0.25) is 0 Å². The first-order valence-electron chi connectivity index (χ1n) is 6.09. The normalized spacial score (nSPS) is 9.90. The van der Waals surface area contributed by atoms with Crippen LogP contribution in [0, 0.1) is 25.2 Å². The van der Waals surface area contributed by atoms with Crippen LogP contribution >= 0.6 is 15.9 Å². The van der Waals surface area contributed by atoms with Gasteiger partial charge in [-0.1, -0.05) is 28.1 Å². The fourth-order valence-electron chi connectivity index (χ4n) is 1.98. The van der Waals surface area contributed by atoms with Crippen LogP contribution in [0.25, 0.3) is 0 Å². The molecule has 0 fully saturated rings. The Hall–Kier alpha value is -2.12. The lowest BCUT2D eigenvalue weighted by molar-refractivity contribution is 0.102. The second-order valence-corrected chi connectivity index (χ2v) is 5.50. The van der Waals surface area contributed by atoms with Crippen LogP contribution < -0.4 is 5.32 Å². The molecule has 2 aromatic carbocycles. The summed E-state index contributed by atoms with van der Waals surface area (Å²) in [5, 5.41) is 12.0. The van der Waals surface area contributed by atoms with E-state index in [0.717, 1.165) is 15.6 Å². The quantitative estimate of drug-likeness (QED) is 0.898. The third-order valence-electron chi connectivity index (χ3n) is 2.94. The van der Waals surface area contributed by atoms with Crippen molar-refractivity contribution in [2.24, 2.45) is 0 Å². The molecule has 0 saturated carbocycles. The number of nitriles is 1. The molecule has 4 heteroatoms. The summed E-state index contributed by atoms with van der Waals surface area (Å²) in [6, 6.07) is 13.0. The summed E-state index contributed by atoms with van der Waals surface area (Å²) in [7, 11) is 0. The molecular formula is C16H13BrN2O. The van der Waals surface area contributed by atoms with Gasteiger partial charge in [-0.3, -0.25) is 4.79 Å². The molecule has 0 saturated heterocycles. The van der Waals surface area contributed by atoms with E-state index in [1.165, 1.54) is 0 Å². The summed E-state index contributed by atoms with van der Waals surface area (Å²) in [6.45, 7) is 3.77. The molecule has 0 atom stereocenters. The number of nitrogens with zero attached hydrogens (tertiary/aromatic N) is 1. The number of rotatable bonds is 2. The van der Waals surface area contributed by atoms with Crippen molar-refractivity contribution in [3.8, 4) is 6.07 Å². The number of nitrogens with one attached hydrogen (secondary N) is 1. The lowest BCUT2D eigenvalue weighted by Crippen LogP contribution is -2.13. The number of hydrogen-bond acceptors (Lipinski definition) is 2. The number of carbonyl (C=O) groups is 1. The number of carbonyl (C=O) groups excluding carboxylic acids is 1. The van der Waals surface area contributed by atoms with Crippen LogP contribution in [0.3, 0.4) is 0 Å². The highest BCUT2D eigenvalue weighted by molar-refractivity contribution is 9.10. The summed E-state index contributed by atoms with van der Waals surface area (Å²) >= 11 is 3.37. The molecule has 20 heavy (non-hydrogen) atoms. The van der Waals surface area contributed by atoms with E-state index >= 15 is 0 Å². The average Bonchev–Trinajstić information content (AvgIpc) is 2.37. The molecule has 0 unspecified atom stereocenters. The summed E-state index contributed by atoms with van der Waals surface area (Å²) in [4.78, 5) is 12.3. The summed E-state index contributed by atoms with van der Waals surface area (Å²) in [5.74, 6) is -0.225. The number of anilines is 1. The molecule has 1 amide bonds. The first-order chi connectivity index (χ1) is 9.51. The minimum Gasteiger partial charge on any atom is -0.321 e. The van der Waals surface area contributed by atoms with Gasteiger partial charge in [0, 0.05) is 10.0 Å². The van der Waals surface area contributed by atoms with Gasteiger partial charge in [0.2, 0.25) is 0 Å². The Bertz CT molecular complexity index is 697. The minimum atomic E-state index is -0.225. The standard InChI is InChI=1S/C16H13BrN2O/c1-10-6-12(8-13(17)7-10)16(20)19-15-5-3-4-11(2)14(15)9-18/h3-8H,1-2H3,(H,19,20). The first kappa shape index (κ1) is 14.3. The Morgan fingerprint density at radius 1 is 1.25 bits per heavy atom. The van der Waals surface area contributed by atoms with E-state index < -0.39 is 0 Å². The van der Waals surface area contributed by atoms with Crippen molar-refractivity contribution < 1.29 is 4.79 Å². The molecule has 0 heterocycles. The molecule has 3 nitrogen and oxygen atoms in total. The number of amides is 1. The number of benzene rings is 2. The zero-order valence-electron chi connectivity index (χ0n) is 11.2. The lowest BCUT2D eigenvalue weighted by Gasteiger charge is -2.09. The predicted octanol–water partition coefficient (Wildman–Crippen LogP) is 4.19. The highest BCUT2D eigenvalue weighted by Crippen LogP contribution is 2.21. The Morgan fingerprint density at radius 2 is 2.00 bits per heavy atom. The molecule has 0 aromatic heterocycles. The van der Waals surface area contributed by atoms with Crippen LogP contribution in [0.5, 0.6) is 0 Å². The highest BCUT2D eigenvalue weighted by atomic mass is 79.9. The van der Waals surface area contributed by atoms with Gasteiger partial charge in [-0.25, -0.2) is 0 Å². The molecule has 0 aliphatic rings. The summed E-state index contributed by atoms with van der Waals surface area (Å²) < 4.78 is 0.854. The van der Waals surface area contributed by atoms with Gasteiger partial charge >= 0.3 is 0 Å². The van der Waals surface area contributed by atoms with Gasteiger partial charge in [0.15, 0.2) is 0 Å². The third-order valence-corrected chi connectivity index (χ3v) is 3.39. The van der Waals surface area contributed by atoms with Gasteiger partial charge in [-0.05, 0) is 49.2 Å². The number of hydrogen-bond donors (Lipinski definition) is 1. The van der Waals surface area contributed by atoms with Crippen molar-refractivity contribution in [1.29, 1.82) is 5.26 Å². The van der Waals surface area contributed by atoms with Gasteiger partial charge < -0.3 is 5.32 Å². The molecule has 0 spiro atoms. The molecule has 1 N–H and O–H groups in total. The summed E-state index contributed by atoms with van der Waals surface area (Å²) in [5.41, 5.74) is 3.43. The average molecular weight is 329 g/mol. The van der Waals surface area contributed by atoms with Gasteiger partial charge in [-0.2, -0.15) is 5.26 Å². The van der Waals surface area contributed by atoms with E-state index in [1.807, 2.05) is 38.1 Å². The van der Waals surface area contributed by atoms with Crippen LogP contribution in [0.15, 0.2) is 40.9 Å². The Kier molecular flexibility index (Phi) is 4.21. The van der Waals surface area contributed by atoms with E-state index in [2.05, 4.69) is 27.3 Å². The van der Waals surface area contributed by atoms with E-state index in [9.17, 15) is 4.79 Å². The van der Waals surface area contributed by atoms with Crippen LogP contribution in [-0.2, 0) is 0 Å². The minimum absolute atomic E-state index is 0.225. The van der Waals surface area contributed by atoms with Crippen molar-refractivity contribution in [1.82, 2.24) is 0 Å².